The lowest BCUT2D eigenvalue weighted by Gasteiger charge is -2.37. The quantitative estimate of drug-likeness (QED) is 0.491. The molecule has 0 radical (unpaired) electrons. The molecule has 0 N–H and O–H groups in total. The molecule has 0 atom stereocenters. The van der Waals surface area contributed by atoms with Gasteiger partial charge in [-0.3, -0.25) is 4.79 Å². The number of hydrogen-bond acceptors (Lipinski definition) is 4. The molecule has 1 aliphatic heterocycles. The van der Waals surface area contributed by atoms with Crippen molar-refractivity contribution < 1.29 is 13.2 Å². The number of para-hydroxylation sites is 1. The molecule has 3 aromatic carbocycles. The molecule has 178 valence electrons. The van der Waals surface area contributed by atoms with Crippen molar-refractivity contribution in [2.75, 3.05) is 37.6 Å². The fourth-order valence-corrected chi connectivity index (χ4v) is 5.49. The van der Waals surface area contributed by atoms with Crippen LogP contribution in [0, 0.1) is 6.92 Å². The third-order valence-corrected chi connectivity index (χ3v) is 8.05. The second kappa shape index (κ2) is 10.6. The van der Waals surface area contributed by atoms with Gasteiger partial charge >= 0.3 is 0 Å². The lowest BCUT2D eigenvalue weighted by Crippen LogP contribution is -2.51. The van der Waals surface area contributed by atoms with Gasteiger partial charge in [0.15, 0.2) is 0 Å². The van der Waals surface area contributed by atoms with Crippen molar-refractivity contribution in [1.82, 2.24) is 9.21 Å². The van der Waals surface area contributed by atoms with E-state index in [2.05, 4.69) is 17.0 Å². The topological polar surface area (TPSA) is 60.9 Å². The molecule has 0 bridgehead atoms. The zero-order valence-corrected chi connectivity index (χ0v) is 20.7. The minimum atomic E-state index is -3.87. The number of halogens is 1. The normalized spacial score (nSPS) is 14.4. The number of rotatable bonds is 7. The third kappa shape index (κ3) is 5.78. The van der Waals surface area contributed by atoms with Crippen molar-refractivity contribution in [3.63, 3.8) is 0 Å². The predicted octanol–water partition coefficient (Wildman–Crippen LogP) is 4.19. The number of aryl methyl sites for hydroxylation is 1. The highest BCUT2D eigenvalue weighted by molar-refractivity contribution is 7.89. The van der Waals surface area contributed by atoms with Crippen LogP contribution < -0.4 is 4.90 Å². The molecule has 3 aromatic rings. The van der Waals surface area contributed by atoms with Crippen molar-refractivity contribution in [3.05, 3.63) is 95.0 Å². The Bertz CT molecular complexity index is 1210. The first-order valence-electron chi connectivity index (χ1n) is 11.2. The molecule has 8 heteroatoms. The lowest BCUT2D eigenvalue weighted by atomic mass is 10.2. The van der Waals surface area contributed by atoms with Gasteiger partial charge in [-0.1, -0.05) is 59.6 Å². The minimum Gasteiger partial charge on any atom is -0.368 e. The molecular weight excluding hydrogens is 470 g/mol. The summed E-state index contributed by atoms with van der Waals surface area (Å²) < 4.78 is 28.2. The van der Waals surface area contributed by atoms with Crippen molar-refractivity contribution in [2.24, 2.45) is 0 Å². The summed E-state index contributed by atoms with van der Waals surface area (Å²) in [6, 6.07) is 23.8. The summed E-state index contributed by atoms with van der Waals surface area (Å²) in [6.45, 7) is 4.28. The number of nitrogens with zero attached hydrogens (tertiary/aromatic N) is 3. The lowest BCUT2D eigenvalue weighted by molar-refractivity contribution is -0.131. The fraction of sp³-hybridized carbons (Fsp3) is 0.269. The molecule has 0 unspecified atom stereocenters. The van der Waals surface area contributed by atoms with E-state index < -0.39 is 10.0 Å². The van der Waals surface area contributed by atoms with E-state index in [0.717, 1.165) is 16.8 Å². The maximum atomic E-state index is 13.5. The maximum Gasteiger partial charge on any atom is 0.243 e. The van der Waals surface area contributed by atoms with Gasteiger partial charge in [0.25, 0.3) is 0 Å². The van der Waals surface area contributed by atoms with Crippen molar-refractivity contribution >= 4 is 33.2 Å². The van der Waals surface area contributed by atoms with Gasteiger partial charge in [0.05, 0.1) is 11.4 Å². The van der Waals surface area contributed by atoms with Gasteiger partial charge < -0.3 is 9.80 Å². The summed E-state index contributed by atoms with van der Waals surface area (Å²) in [4.78, 5) is 17.4. The van der Waals surface area contributed by atoms with E-state index in [1.807, 2.05) is 25.1 Å². The average molecular weight is 498 g/mol. The molecule has 0 saturated carbocycles. The van der Waals surface area contributed by atoms with E-state index in [-0.39, 0.29) is 23.9 Å². The number of carbonyl (C=O) groups excluding carboxylic acids is 1. The Labute approximate surface area is 206 Å². The Kier molecular flexibility index (Phi) is 7.56. The van der Waals surface area contributed by atoms with Crippen LogP contribution >= 0.6 is 11.6 Å². The first-order chi connectivity index (χ1) is 16.3. The van der Waals surface area contributed by atoms with Gasteiger partial charge in [0.2, 0.25) is 15.9 Å². The van der Waals surface area contributed by atoms with Crippen LogP contribution in [0.5, 0.6) is 0 Å². The molecular formula is C26H28ClN3O3S. The van der Waals surface area contributed by atoms with Crippen LogP contribution in [0.25, 0.3) is 0 Å². The number of anilines is 1. The third-order valence-electron chi connectivity index (χ3n) is 6.00. The molecule has 34 heavy (non-hydrogen) atoms. The Balaban J connectivity index is 1.50. The zero-order chi connectivity index (χ0) is 24.1. The van der Waals surface area contributed by atoms with Gasteiger partial charge in [0, 0.05) is 43.4 Å². The molecule has 0 spiro atoms. The van der Waals surface area contributed by atoms with Crippen LogP contribution in [0.4, 0.5) is 5.69 Å². The van der Waals surface area contributed by atoms with Crippen LogP contribution in [0.2, 0.25) is 5.02 Å². The van der Waals surface area contributed by atoms with Crippen molar-refractivity contribution in [3.8, 4) is 0 Å². The molecule has 0 aliphatic carbocycles. The van der Waals surface area contributed by atoms with Gasteiger partial charge in [-0.15, -0.1) is 0 Å². The van der Waals surface area contributed by atoms with Gasteiger partial charge in [0.1, 0.15) is 0 Å². The monoisotopic (exact) mass is 497 g/mol. The van der Waals surface area contributed by atoms with E-state index in [9.17, 15) is 13.2 Å². The van der Waals surface area contributed by atoms with Crippen LogP contribution in [0.15, 0.2) is 83.8 Å². The number of piperazine rings is 1. The second-order valence-electron chi connectivity index (χ2n) is 8.42. The van der Waals surface area contributed by atoms with Crippen LogP contribution in [-0.4, -0.2) is 56.3 Å². The second-order valence-corrected chi connectivity index (χ2v) is 10.8. The van der Waals surface area contributed by atoms with Crippen LogP contribution in [-0.2, 0) is 21.4 Å². The number of hydrogen-bond donors (Lipinski definition) is 0. The van der Waals surface area contributed by atoms with Crippen molar-refractivity contribution in [2.45, 2.75) is 18.4 Å². The first kappa shape index (κ1) is 24.3. The Morgan fingerprint density at radius 2 is 1.50 bits per heavy atom. The van der Waals surface area contributed by atoms with Gasteiger partial charge in [-0.05, 0) is 48.9 Å². The summed E-state index contributed by atoms with van der Waals surface area (Å²) >= 11 is 5.99. The smallest absolute Gasteiger partial charge is 0.243 e. The maximum absolute atomic E-state index is 13.5. The largest absolute Gasteiger partial charge is 0.368 e. The predicted molar refractivity (Wildman–Crippen MR) is 135 cm³/mol. The van der Waals surface area contributed by atoms with E-state index in [1.54, 1.807) is 53.4 Å². The molecule has 0 aromatic heterocycles. The highest BCUT2D eigenvalue weighted by atomic mass is 35.5. The SMILES string of the molecule is Cc1ccc(S(=O)(=O)N(CC(=O)N2CCN(c3ccccc3)CC2)Cc2ccc(Cl)cc2)cc1. The Hall–Kier alpha value is -2.87. The summed E-state index contributed by atoms with van der Waals surface area (Å²) in [6.07, 6.45) is 0. The highest BCUT2D eigenvalue weighted by Crippen LogP contribution is 2.21. The summed E-state index contributed by atoms with van der Waals surface area (Å²) in [5.41, 5.74) is 2.86. The van der Waals surface area contributed by atoms with Gasteiger partial charge in [-0.25, -0.2) is 8.42 Å². The number of sulfonamides is 1. The molecule has 1 fully saturated rings. The standard InChI is InChI=1S/C26H28ClN3O3S/c1-21-7-13-25(14-8-21)34(32,33)30(19-22-9-11-23(27)12-10-22)20-26(31)29-17-15-28(16-18-29)24-5-3-2-4-6-24/h2-14H,15-20H2,1H3. The van der Waals surface area contributed by atoms with Crippen LogP contribution in [0.1, 0.15) is 11.1 Å². The van der Waals surface area contributed by atoms with Crippen LogP contribution in [0.3, 0.4) is 0 Å². The number of amides is 1. The van der Waals surface area contributed by atoms with E-state index in [1.165, 1.54) is 4.31 Å². The molecule has 1 heterocycles. The number of benzene rings is 3. The fourth-order valence-electron chi connectivity index (χ4n) is 3.98. The van der Waals surface area contributed by atoms with E-state index >= 15 is 0 Å². The van der Waals surface area contributed by atoms with E-state index in [0.29, 0.717) is 31.2 Å². The average Bonchev–Trinajstić information content (AvgIpc) is 2.86. The Morgan fingerprint density at radius 3 is 2.12 bits per heavy atom. The zero-order valence-electron chi connectivity index (χ0n) is 19.1. The molecule has 1 aliphatic rings. The summed E-state index contributed by atoms with van der Waals surface area (Å²) in [5, 5.41) is 0.573. The molecule has 1 amide bonds. The van der Waals surface area contributed by atoms with Gasteiger partial charge in [-0.2, -0.15) is 4.31 Å². The Morgan fingerprint density at radius 1 is 0.882 bits per heavy atom. The van der Waals surface area contributed by atoms with Crippen molar-refractivity contribution in [1.29, 1.82) is 0 Å². The summed E-state index contributed by atoms with van der Waals surface area (Å²) in [5.74, 6) is -0.197. The minimum absolute atomic E-state index is 0.0864. The highest BCUT2D eigenvalue weighted by Gasteiger charge is 2.30. The molecule has 4 rings (SSSR count). The molecule has 6 nitrogen and oxygen atoms in total. The summed E-state index contributed by atoms with van der Waals surface area (Å²) in [7, 11) is -3.87. The number of carbonyl (C=O) groups is 1. The molecule has 1 saturated heterocycles. The van der Waals surface area contributed by atoms with E-state index in [4.69, 9.17) is 11.6 Å². The first-order valence-corrected chi connectivity index (χ1v) is 13.0.